The number of primary amides is 1. The molecule has 0 saturated heterocycles. The molecule has 2 saturated carbocycles. The van der Waals surface area contributed by atoms with Crippen molar-refractivity contribution in [2.45, 2.75) is 64.3 Å². The van der Waals surface area contributed by atoms with Gasteiger partial charge in [-0.1, -0.05) is 35.8 Å². The first kappa shape index (κ1) is 21.4. The summed E-state index contributed by atoms with van der Waals surface area (Å²) in [6, 6.07) is 9.34. The molecule has 172 valence electrons. The number of hydrogen-bond donors (Lipinski definition) is 2. The highest BCUT2D eigenvalue weighted by atomic mass is 16.5. The van der Waals surface area contributed by atoms with Gasteiger partial charge in [0.15, 0.2) is 0 Å². The van der Waals surface area contributed by atoms with E-state index in [-0.39, 0.29) is 29.6 Å². The summed E-state index contributed by atoms with van der Waals surface area (Å²) in [7, 11) is 0. The molecule has 0 bridgehead atoms. The van der Waals surface area contributed by atoms with Crippen molar-refractivity contribution < 1.29 is 14.1 Å². The van der Waals surface area contributed by atoms with E-state index in [9.17, 15) is 9.59 Å². The van der Waals surface area contributed by atoms with E-state index < -0.39 is 5.91 Å². The van der Waals surface area contributed by atoms with E-state index >= 15 is 0 Å². The van der Waals surface area contributed by atoms with Crippen molar-refractivity contribution in [1.82, 2.24) is 14.9 Å². The second-order valence-electron chi connectivity index (χ2n) is 9.79. The molecule has 8 nitrogen and oxygen atoms in total. The first-order chi connectivity index (χ1) is 15.8. The number of anilines is 1. The molecule has 0 aliphatic heterocycles. The molecule has 3 aromatic rings. The summed E-state index contributed by atoms with van der Waals surface area (Å²) < 4.78 is 7.13. The highest BCUT2D eigenvalue weighted by Crippen LogP contribution is 2.70. The summed E-state index contributed by atoms with van der Waals surface area (Å²) in [6.45, 7) is 3.86. The minimum Gasteiger partial charge on any atom is -0.383 e. The fourth-order valence-electron chi connectivity index (χ4n) is 5.07. The monoisotopic (exact) mass is 447 g/mol. The number of rotatable bonds is 8. The fourth-order valence-corrected chi connectivity index (χ4v) is 5.07. The van der Waals surface area contributed by atoms with E-state index in [2.05, 4.69) is 10.3 Å². The molecular weight excluding hydrogens is 418 g/mol. The third-order valence-electron chi connectivity index (χ3n) is 7.15. The number of Topliss-reactive ketones (excluding diaryl/α,β-unsaturated/α-hetero) is 1. The SMILES string of the molecule is CC(C)n1nc(-c2ccc(CC(=O)Cc3cc(C4CC45CCC5)on3)cc2)c(C(N)=O)c1N. The number of carbonyl (C=O) groups is 2. The number of benzene rings is 1. The second-order valence-corrected chi connectivity index (χ2v) is 9.79. The summed E-state index contributed by atoms with van der Waals surface area (Å²) in [4.78, 5) is 24.6. The van der Waals surface area contributed by atoms with Gasteiger partial charge in [-0.25, -0.2) is 4.68 Å². The molecule has 2 aromatic heterocycles. The number of amides is 1. The van der Waals surface area contributed by atoms with Gasteiger partial charge < -0.3 is 16.0 Å². The molecule has 1 spiro atoms. The molecule has 1 unspecified atom stereocenters. The van der Waals surface area contributed by atoms with Crippen LogP contribution in [-0.2, 0) is 17.6 Å². The molecule has 2 heterocycles. The highest BCUT2D eigenvalue weighted by Gasteiger charge is 2.59. The summed E-state index contributed by atoms with van der Waals surface area (Å²) in [5.74, 6) is 1.15. The Morgan fingerprint density at radius 2 is 1.94 bits per heavy atom. The molecule has 1 amide bonds. The lowest BCUT2D eigenvalue weighted by Crippen LogP contribution is -2.15. The van der Waals surface area contributed by atoms with Gasteiger partial charge in [0.1, 0.15) is 28.6 Å². The maximum Gasteiger partial charge on any atom is 0.254 e. The van der Waals surface area contributed by atoms with Crippen LogP contribution in [0.25, 0.3) is 11.3 Å². The Morgan fingerprint density at radius 1 is 1.21 bits per heavy atom. The summed E-state index contributed by atoms with van der Waals surface area (Å²) in [5.41, 5.74) is 15.1. The maximum atomic E-state index is 12.6. The van der Waals surface area contributed by atoms with Crippen LogP contribution in [0.15, 0.2) is 34.9 Å². The molecule has 4 N–H and O–H groups in total. The summed E-state index contributed by atoms with van der Waals surface area (Å²) >= 11 is 0. The average molecular weight is 448 g/mol. The smallest absolute Gasteiger partial charge is 0.254 e. The van der Waals surface area contributed by atoms with Gasteiger partial charge in [-0.05, 0) is 44.1 Å². The number of nitrogens with two attached hydrogens (primary N) is 2. The Morgan fingerprint density at radius 3 is 2.52 bits per heavy atom. The zero-order valence-electron chi connectivity index (χ0n) is 19.0. The number of carbonyl (C=O) groups excluding carboxylic acids is 2. The van der Waals surface area contributed by atoms with Crippen molar-refractivity contribution in [2.75, 3.05) is 5.73 Å². The summed E-state index contributed by atoms with van der Waals surface area (Å²) in [6.07, 6.45) is 5.63. The third-order valence-corrected chi connectivity index (χ3v) is 7.15. The van der Waals surface area contributed by atoms with Crippen molar-refractivity contribution in [3.63, 3.8) is 0 Å². The summed E-state index contributed by atoms with van der Waals surface area (Å²) in [5, 5.41) is 8.62. The fraction of sp³-hybridized carbons (Fsp3) is 0.440. The molecule has 8 heteroatoms. The largest absolute Gasteiger partial charge is 0.383 e. The lowest BCUT2D eigenvalue weighted by molar-refractivity contribution is -0.117. The van der Waals surface area contributed by atoms with E-state index in [0.29, 0.717) is 29.1 Å². The Kier molecular flexibility index (Phi) is 5.11. The molecule has 2 aliphatic rings. The molecular formula is C25H29N5O3. The lowest BCUT2D eigenvalue weighted by Gasteiger charge is -2.25. The average Bonchev–Trinajstić information content (AvgIpc) is 3.19. The van der Waals surface area contributed by atoms with E-state index in [4.69, 9.17) is 16.0 Å². The Labute approximate surface area is 192 Å². The number of nitrogens with zero attached hydrogens (tertiary/aromatic N) is 3. The van der Waals surface area contributed by atoms with E-state index in [0.717, 1.165) is 16.9 Å². The van der Waals surface area contributed by atoms with Crippen LogP contribution in [0.3, 0.4) is 0 Å². The van der Waals surface area contributed by atoms with Crippen LogP contribution in [0, 0.1) is 5.41 Å². The third kappa shape index (κ3) is 3.83. The predicted octanol–water partition coefficient (Wildman–Crippen LogP) is 3.81. The van der Waals surface area contributed by atoms with Gasteiger partial charge >= 0.3 is 0 Å². The molecule has 1 aromatic carbocycles. The van der Waals surface area contributed by atoms with Gasteiger partial charge in [-0.15, -0.1) is 0 Å². The van der Waals surface area contributed by atoms with Gasteiger partial charge in [-0.2, -0.15) is 5.10 Å². The van der Waals surface area contributed by atoms with Crippen molar-refractivity contribution >= 4 is 17.5 Å². The van der Waals surface area contributed by atoms with Crippen LogP contribution >= 0.6 is 0 Å². The number of nitrogen functional groups attached to an aromatic ring is 1. The standard InChI is InChI=1S/C25H29N5O3/c1-14(2)30-23(26)21(24(27)32)22(28-30)16-6-4-15(5-7-16)10-18(31)11-17-12-20(33-29-17)19-13-25(19)8-3-9-25/h4-7,12,14,19H,3,8-11,13,26H2,1-2H3,(H2,27,32). The predicted molar refractivity (Wildman–Crippen MR) is 124 cm³/mol. The number of aromatic nitrogens is 3. The zero-order chi connectivity index (χ0) is 23.3. The maximum absolute atomic E-state index is 12.6. The van der Waals surface area contributed by atoms with Gasteiger partial charge in [0.25, 0.3) is 5.91 Å². The normalized spacial score (nSPS) is 18.5. The van der Waals surface area contributed by atoms with Crippen LogP contribution in [0.2, 0.25) is 0 Å². The second kappa shape index (κ2) is 7.86. The van der Waals surface area contributed by atoms with Crippen molar-refractivity contribution in [1.29, 1.82) is 0 Å². The number of hydrogen-bond acceptors (Lipinski definition) is 6. The van der Waals surface area contributed by atoms with Gasteiger partial charge in [-0.3, -0.25) is 9.59 Å². The first-order valence-electron chi connectivity index (χ1n) is 11.5. The molecule has 0 radical (unpaired) electrons. The van der Waals surface area contributed by atoms with E-state index in [1.165, 1.54) is 25.7 Å². The van der Waals surface area contributed by atoms with Crippen LogP contribution in [0.5, 0.6) is 0 Å². The van der Waals surface area contributed by atoms with Crippen LogP contribution in [0.1, 0.15) is 78.9 Å². The Bertz CT molecular complexity index is 1220. The lowest BCUT2D eigenvalue weighted by atomic mass is 9.79. The van der Waals surface area contributed by atoms with Crippen LogP contribution in [-0.4, -0.2) is 26.6 Å². The van der Waals surface area contributed by atoms with Crippen molar-refractivity contribution in [3.05, 3.63) is 52.9 Å². The molecule has 33 heavy (non-hydrogen) atoms. The van der Waals surface area contributed by atoms with E-state index in [1.54, 1.807) is 4.68 Å². The van der Waals surface area contributed by atoms with Crippen LogP contribution < -0.4 is 11.5 Å². The molecule has 5 rings (SSSR count). The topological polar surface area (TPSA) is 130 Å². The zero-order valence-corrected chi connectivity index (χ0v) is 19.0. The van der Waals surface area contributed by atoms with E-state index in [1.807, 2.05) is 44.2 Å². The minimum absolute atomic E-state index is 0.00930. The molecule has 1 atom stereocenters. The molecule has 2 fully saturated rings. The van der Waals surface area contributed by atoms with Gasteiger partial charge in [0.2, 0.25) is 0 Å². The number of ketones is 1. The first-order valence-corrected chi connectivity index (χ1v) is 11.5. The highest BCUT2D eigenvalue weighted by molar-refractivity contribution is 6.03. The quantitative estimate of drug-likeness (QED) is 0.540. The Hall–Kier alpha value is -3.42. The van der Waals surface area contributed by atoms with Crippen molar-refractivity contribution in [3.8, 4) is 11.3 Å². The minimum atomic E-state index is -0.616. The van der Waals surface area contributed by atoms with Gasteiger partial charge in [0.05, 0.1) is 12.1 Å². The van der Waals surface area contributed by atoms with Crippen molar-refractivity contribution in [2.24, 2.45) is 11.1 Å². The van der Waals surface area contributed by atoms with Crippen LogP contribution in [0.4, 0.5) is 5.82 Å². The van der Waals surface area contributed by atoms with Gasteiger partial charge in [0, 0.05) is 30.0 Å². The molecule has 2 aliphatic carbocycles. The Balaban J connectivity index is 1.25.